The quantitative estimate of drug-likeness (QED) is 0.877. The second-order valence-corrected chi connectivity index (χ2v) is 4.56. The molecule has 1 aromatic heterocycles. The maximum atomic E-state index is 5.69. The van der Waals surface area contributed by atoms with E-state index in [1.54, 1.807) is 6.20 Å². The van der Waals surface area contributed by atoms with E-state index in [9.17, 15) is 0 Å². The van der Waals surface area contributed by atoms with Gasteiger partial charge in [0.05, 0.1) is 12.2 Å². The molecule has 1 heterocycles. The minimum Gasteiger partial charge on any atom is -0.325 e. The van der Waals surface area contributed by atoms with E-state index in [0.717, 1.165) is 12.2 Å². The number of hydrogen-bond donors (Lipinski definition) is 1. The minimum absolute atomic E-state index is 0.532. The predicted octanol–water partition coefficient (Wildman–Crippen LogP) is 2.32. The first-order chi connectivity index (χ1) is 8.11. The SMILES string of the molecule is Cc1cc(C)c(Cn2nccc2CN)c(C)c1. The summed E-state index contributed by atoms with van der Waals surface area (Å²) in [6, 6.07) is 6.40. The average molecular weight is 229 g/mol. The van der Waals surface area contributed by atoms with Gasteiger partial charge in [0.25, 0.3) is 0 Å². The number of nitrogens with zero attached hydrogens (tertiary/aromatic N) is 2. The van der Waals surface area contributed by atoms with Gasteiger partial charge in [-0.2, -0.15) is 5.10 Å². The van der Waals surface area contributed by atoms with Crippen molar-refractivity contribution >= 4 is 0 Å². The highest BCUT2D eigenvalue weighted by molar-refractivity contribution is 5.37. The molecule has 0 aliphatic rings. The fourth-order valence-corrected chi connectivity index (χ4v) is 2.28. The third-order valence-electron chi connectivity index (χ3n) is 3.16. The van der Waals surface area contributed by atoms with Crippen LogP contribution < -0.4 is 5.73 Å². The largest absolute Gasteiger partial charge is 0.325 e. The molecule has 3 heteroatoms. The lowest BCUT2D eigenvalue weighted by Crippen LogP contribution is -2.11. The number of hydrogen-bond acceptors (Lipinski definition) is 2. The van der Waals surface area contributed by atoms with E-state index >= 15 is 0 Å². The molecule has 0 fully saturated rings. The van der Waals surface area contributed by atoms with Crippen molar-refractivity contribution in [1.29, 1.82) is 0 Å². The van der Waals surface area contributed by atoms with Crippen LogP contribution in [0.25, 0.3) is 0 Å². The summed E-state index contributed by atoms with van der Waals surface area (Å²) >= 11 is 0. The molecule has 0 radical (unpaired) electrons. The summed E-state index contributed by atoms with van der Waals surface area (Å²) in [4.78, 5) is 0. The molecule has 0 saturated heterocycles. The number of nitrogens with two attached hydrogens (primary N) is 1. The molecule has 0 saturated carbocycles. The lowest BCUT2D eigenvalue weighted by Gasteiger charge is -2.13. The Labute approximate surface area is 102 Å². The van der Waals surface area contributed by atoms with Crippen LogP contribution >= 0.6 is 0 Å². The zero-order valence-electron chi connectivity index (χ0n) is 10.7. The standard InChI is InChI=1S/C14H19N3/c1-10-6-11(2)14(12(3)7-10)9-17-13(8-15)4-5-16-17/h4-7H,8-9,15H2,1-3H3. The van der Waals surface area contributed by atoms with E-state index in [0.29, 0.717) is 6.54 Å². The molecule has 0 bridgehead atoms. The minimum atomic E-state index is 0.532. The fraction of sp³-hybridized carbons (Fsp3) is 0.357. The van der Waals surface area contributed by atoms with Gasteiger partial charge in [-0.1, -0.05) is 17.7 Å². The third kappa shape index (κ3) is 2.39. The van der Waals surface area contributed by atoms with Gasteiger partial charge >= 0.3 is 0 Å². The van der Waals surface area contributed by atoms with Gasteiger partial charge < -0.3 is 5.73 Å². The van der Waals surface area contributed by atoms with E-state index < -0.39 is 0 Å². The second-order valence-electron chi connectivity index (χ2n) is 4.56. The molecule has 2 rings (SSSR count). The highest BCUT2D eigenvalue weighted by atomic mass is 15.3. The smallest absolute Gasteiger partial charge is 0.0668 e. The first kappa shape index (κ1) is 11.9. The lowest BCUT2D eigenvalue weighted by atomic mass is 10.00. The van der Waals surface area contributed by atoms with Crippen LogP contribution in [-0.2, 0) is 13.1 Å². The first-order valence-corrected chi connectivity index (χ1v) is 5.89. The maximum Gasteiger partial charge on any atom is 0.0668 e. The monoisotopic (exact) mass is 229 g/mol. The Morgan fingerprint density at radius 2 is 1.82 bits per heavy atom. The molecule has 0 aliphatic heterocycles. The third-order valence-corrected chi connectivity index (χ3v) is 3.16. The van der Waals surface area contributed by atoms with E-state index in [2.05, 4.69) is 38.0 Å². The predicted molar refractivity (Wildman–Crippen MR) is 69.9 cm³/mol. The van der Waals surface area contributed by atoms with Gasteiger partial charge in [0.2, 0.25) is 0 Å². The van der Waals surface area contributed by atoms with Gasteiger partial charge in [-0.05, 0) is 43.5 Å². The van der Waals surface area contributed by atoms with Gasteiger partial charge in [-0.25, -0.2) is 0 Å². The van der Waals surface area contributed by atoms with Crippen LogP contribution in [0.15, 0.2) is 24.4 Å². The van der Waals surface area contributed by atoms with Crippen LogP contribution in [0.4, 0.5) is 0 Å². The van der Waals surface area contributed by atoms with Gasteiger partial charge in [-0.3, -0.25) is 4.68 Å². The molecule has 0 unspecified atom stereocenters. The molecule has 0 aliphatic carbocycles. The maximum absolute atomic E-state index is 5.69. The summed E-state index contributed by atoms with van der Waals surface area (Å²) in [6.07, 6.45) is 1.81. The van der Waals surface area contributed by atoms with Gasteiger partial charge in [0, 0.05) is 12.7 Å². The van der Waals surface area contributed by atoms with E-state index in [1.165, 1.54) is 22.3 Å². The molecule has 2 aromatic rings. The lowest BCUT2D eigenvalue weighted by molar-refractivity contribution is 0.641. The summed E-state index contributed by atoms with van der Waals surface area (Å²) in [5.41, 5.74) is 12.1. The highest BCUT2D eigenvalue weighted by Crippen LogP contribution is 2.18. The molecular formula is C14H19N3. The summed E-state index contributed by atoms with van der Waals surface area (Å²) < 4.78 is 1.98. The summed E-state index contributed by atoms with van der Waals surface area (Å²) in [5.74, 6) is 0. The number of benzene rings is 1. The number of aromatic nitrogens is 2. The Morgan fingerprint density at radius 3 is 2.41 bits per heavy atom. The Bertz CT molecular complexity index is 503. The van der Waals surface area contributed by atoms with E-state index in [4.69, 9.17) is 5.73 Å². The van der Waals surface area contributed by atoms with E-state index in [-0.39, 0.29) is 0 Å². The van der Waals surface area contributed by atoms with Crippen LogP contribution in [0.5, 0.6) is 0 Å². The number of aryl methyl sites for hydroxylation is 3. The van der Waals surface area contributed by atoms with Crippen molar-refractivity contribution in [2.45, 2.75) is 33.9 Å². The van der Waals surface area contributed by atoms with Crippen LogP contribution in [0.3, 0.4) is 0 Å². The molecule has 2 N–H and O–H groups in total. The number of rotatable bonds is 3. The summed E-state index contributed by atoms with van der Waals surface area (Å²) in [6.45, 7) is 7.77. The Hall–Kier alpha value is -1.61. The normalized spacial score (nSPS) is 10.8. The van der Waals surface area contributed by atoms with Crippen molar-refractivity contribution in [3.8, 4) is 0 Å². The van der Waals surface area contributed by atoms with Crippen LogP contribution in [0, 0.1) is 20.8 Å². The fourth-order valence-electron chi connectivity index (χ4n) is 2.28. The van der Waals surface area contributed by atoms with Crippen molar-refractivity contribution in [3.05, 3.63) is 52.3 Å². The molecular weight excluding hydrogens is 210 g/mol. The second kappa shape index (κ2) is 4.72. The molecule has 0 atom stereocenters. The average Bonchev–Trinajstić information content (AvgIpc) is 2.70. The topological polar surface area (TPSA) is 43.8 Å². The Morgan fingerprint density at radius 1 is 1.18 bits per heavy atom. The van der Waals surface area contributed by atoms with Gasteiger partial charge in [-0.15, -0.1) is 0 Å². The van der Waals surface area contributed by atoms with Crippen LogP contribution in [0.1, 0.15) is 27.9 Å². The van der Waals surface area contributed by atoms with Crippen LogP contribution in [-0.4, -0.2) is 9.78 Å². The molecule has 3 nitrogen and oxygen atoms in total. The van der Waals surface area contributed by atoms with Crippen LogP contribution in [0.2, 0.25) is 0 Å². The zero-order valence-corrected chi connectivity index (χ0v) is 10.7. The van der Waals surface area contributed by atoms with Crippen molar-refractivity contribution in [1.82, 2.24) is 9.78 Å². The summed E-state index contributed by atoms with van der Waals surface area (Å²) in [5, 5.41) is 4.32. The first-order valence-electron chi connectivity index (χ1n) is 5.89. The molecule has 0 amide bonds. The Kier molecular flexibility index (Phi) is 3.29. The molecule has 90 valence electrons. The molecule has 0 spiro atoms. The zero-order chi connectivity index (χ0) is 12.4. The van der Waals surface area contributed by atoms with E-state index in [1.807, 2.05) is 10.7 Å². The molecule has 1 aromatic carbocycles. The highest BCUT2D eigenvalue weighted by Gasteiger charge is 2.07. The van der Waals surface area contributed by atoms with Crippen molar-refractivity contribution in [3.63, 3.8) is 0 Å². The van der Waals surface area contributed by atoms with Crippen molar-refractivity contribution < 1.29 is 0 Å². The summed E-state index contributed by atoms with van der Waals surface area (Å²) in [7, 11) is 0. The molecule has 17 heavy (non-hydrogen) atoms. The van der Waals surface area contributed by atoms with Gasteiger partial charge in [0.15, 0.2) is 0 Å². The van der Waals surface area contributed by atoms with Gasteiger partial charge in [0.1, 0.15) is 0 Å². The Balaban J connectivity index is 2.36. The van der Waals surface area contributed by atoms with Crippen molar-refractivity contribution in [2.75, 3.05) is 0 Å². The van der Waals surface area contributed by atoms with Crippen molar-refractivity contribution in [2.24, 2.45) is 5.73 Å².